The van der Waals surface area contributed by atoms with Crippen molar-refractivity contribution in [2.24, 2.45) is 0 Å². The van der Waals surface area contributed by atoms with Crippen LogP contribution in [0, 0.1) is 5.82 Å². The Labute approximate surface area is 101 Å². The Bertz CT molecular complexity index is 643. The van der Waals surface area contributed by atoms with E-state index in [0.717, 1.165) is 15.0 Å². The van der Waals surface area contributed by atoms with Crippen LogP contribution in [0.15, 0.2) is 47.1 Å². The molecule has 1 atom stereocenters. The minimum Gasteiger partial charge on any atom is -0.466 e. The van der Waals surface area contributed by atoms with Crippen LogP contribution in [0.4, 0.5) is 4.39 Å². The van der Waals surface area contributed by atoms with E-state index >= 15 is 0 Å². The van der Waals surface area contributed by atoms with Gasteiger partial charge >= 0.3 is 0 Å². The van der Waals surface area contributed by atoms with E-state index in [0.29, 0.717) is 5.76 Å². The Balaban J connectivity index is 2.06. The molecule has 0 saturated carbocycles. The first-order chi connectivity index (χ1) is 8.24. The molecule has 0 bridgehead atoms. The maximum Gasteiger partial charge on any atom is 0.146 e. The van der Waals surface area contributed by atoms with Gasteiger partial charge in [-0.25, -0.2) is 4.39 Å². The van der Waals surface area contributed by atoms with Gasteiger partial charge in [0.25, 0.3) is 0 Å². The lowest BCUT2D eigenvalue weighted by atomic mass is 10.2. The summed E-state index contributed by atoms with van der Waals surface area (Å²) in [5.41, 5.74) is 0. The Hall–Kier alpha value is -1.65. The van der Waals surface area contributed by atoms with Crippen molar-refractivity contribution in [3.8, 4) is 0 Å². The smallest absolute Gasteiger partial charge is 0.146 e. The number of aliphatic hydroxyl groups excluding tert-OH is 1. The van der Waals surface area contributed by atoms with E-state index in [1.54, 1.807) is 18.2 Å². The van der Waals surface area contributed by atoms with Crippen molar-refractivity contribution in [3.05, 3.63) is 59.1 Å². The Morgan fingerprint density at radius 3 is 2.88 bits per heavy atom. The Morgan fingerprint density at radius 1 is 1.24 bits per heavy atom. The van der Waals surface area contributed by atoms with Crippen molar-refractivity contribution in [2.45, 2.75) is 6.10 Å². The van der Waals surface area contributed by atoms with Crippen LogP contribution < -0.4 is 0 Å². The SMILES string of the molecule is OC(c1ccco1)c1cc2ccc(F)cc2s1. The van der Waals surface area contributed by atoms with Gasteiger partial charge in [0.05, 0.1) is 6.26 Å². The molecule has 2 aromatic heterocycles. The number of fused-ring (bicyclic) bond motifs is 1. The van der Waals surface area contributed by atoms with E-state index < -0.39 is 6.10 Å². The van der Waals surface area contributed by atoms with E-state index in [1.165, 1.54) is 29.7 Å². The average Bonchev–Trinajstić information content (AvgIpc) is 2.96. The summed E-state index contributed by atoms with van der Waals surface area (Å²) in [4.78, 5) is 0.751. The second kappa shape index (κ2) is 3.98. The fraction of sp³-hybridized carbons (Fsp3) is 0.0769. The van der Waals surface area contributed by atoms with Crippen molar-refractivity contribution >= 4 is 21.4 Å². The molecular weight excluding hydrogens is 239 g/mol. The van der Waals surface area contributed by atoms with E-state index in [-0.39, 0.29) is 5.82 Å². The zero-order valence-corrected chi connectivity index (χ0v) is 9.58. The normalized spacial score (nSPS) is 13.1. The first kappa shape index (κ1) is 10.5. The van der Waals surface area contributed by atoms with Gasteiger partial charge in [-0.1, -0.05) is 6.07 Å². The summed E-state index contributed by atoms with van der Waals surface area (Å²) in [6.45, 7) is 0. The highest BCUT2D eigenvalue weighted by Crippen LogP contribution is 2.33. The molecule has 86 valence electrons. The highest BCUT2D eigenvalue weighted by Gasteiger charge is 2.16. The molecule has 1 N–H and O–H groups in total. The number of aliphatic hydroxyl groups is 1. The van der Waals surface area contributed by atoms with Gasteiger partial charge < -0.3 is 9.52 Å². The van der Waals surface area contributed by atoms with Gasteiger partial charge in [-0.15, -0.1) is 11.3 Å². The molecule has 4 heteroatoms. The third kappa shape index (κ3) is 1.85. The summed E-state index contributed by atoms with van der Waals surface area (Å²) in [7, 11) is 0. The first-order valence-electron chi connectivity index (χ1n) is 5.14. The molecule has 0 aliphatic carbocycles. The highest BCUT2D eigenvalue weighted by atomic mass is 32.1. The van der Waals surface area contributed by atoms with Crippen LogP contribution in [0.1, 0.15) is 16.7 Å². The number of rotatable bonds is 2. The molecule has 0 saturated heterocycles. The molecule has 3 aromatic rings. The van der Waals surface area contributed by atoms with Gasteiger partial charge in [0.15, 0.2) is 0 Å². The summed E-state index contributed by atoms with van der Waals surface area (Å²) < 4.78 is 19.0. The quantitative estimate of drug-likeness (QED) is 0.750. The van der Waals surface area contributed by atoms with Gasteiger partial charge in [0.1, 0.15) is 17.7 Å². The largest absolute Gasteiger partial charge is 0.466 e. The summed E-state index contributed by atoms with van der Waals surface area (Å²) in [5.74, 6) is 0.232. The summed E-state index contributed by atoms with van der Waals surface area (Å²) in [5, 5.41) is 11.0. The third-order valence-corrected chi connectivity index (χ3v) is 3.73. The number of halogens is 1. The molecule has 1 aromatic carbocycles. The fourth-order valence-electron chi connectivity index (χ4n) is 1.75. The zero-order valence-electron chi connectivity index (χ0n) is 8.76. The van der Waals surface area contributed by atoms with E-state index in [9.17, 15) is 9.50 Å². The predicted molar refractivity (Wildman–Crippen MR) is 64.6 cm³/mol. The molecule has 0 spiro atoms. The van der Waals surface area contributed by atoms with E-state index in [2.05, 4.69) is 0 Å². The lowest BCUT2D eigenvalue weighted by molar-refractivity contribution is 0.193. The number of benzene rings is 1. The molecule has 2 nitrogen and oxygen atoms in total. The van der Waals surface area contributed by atoms with Crippen LogP contribution in [0.3, 0.4) is 0 Å². The van der Waals surface area contributed by atoms with Crippen molar-refractivity contribution in [1.29, 1.82) is 0 Å². The third-order valence-electron chi connectivity index (χ3n) is 2.58. The van der Waals surface area contributed by atoms with Crippen molar-refractivity contribution in [2.75, 3.05) is 0 Å². The summed E-state index contributed by atoms with van der Waals surface area (Å²) >= 11 is 1.37. The molecule has 0 aliphatic heterocycles. The van der Waals surface area contributed by atoms with Gasteiger partial charge in [0, 0.05) is 9.58 Å². The number of thiophene rings is 1. The molecule has 1 unspecified atom stereocenters. The van der Waals surface area contributed by atoms with Crippen LogP contribution >= 0.6 is 11.3 Å². The van der Waals surface area contributed by atoms with Gasteiger partial charge in [-0.3, -0.25) is 0 Å². The number of hydrogen-bond acceptors (Lipinski definition) is 3. The Morgan fingerprint density at radius 2 is 2.12 bits per heavy atom. The van der Waals surface area contributed by atoms with Crippen LogP contribution in [-0.4, -0.2) is 5.11 Å². The van der Waals surface area contributed by atoms with Gasteiger partial charge in [-0.05, 0) is 35.7 Å². The molecular formula is C13H9FO2S. The summed E-state index contributed by atoms with van der Waals surface area (Å²) in [6, 6.07) is 9.89. The van der Waals surface area contributed by atoms with Crippen molar-refractivity contribution in [1.82, 2.24) is 0 Å². The van der Waals surface area contributed by atoms with Crippen LogP contribution in [0.2, 0.25) is 0 Å². The van der Waals surface area contributed by atoms with Gasteiger partial charge in [-0.2, -0.15) is 0 Å². The first-order valence-corrected chi connectivity index (χ1v) is 5.96. The maximum atomic E-state index is 13.0. The molecule has 0 aliphatic rings. The van der Waals surface area contributed by atoms with E-state index in [1.807, 2.05) is 6.07 Å². The minimum absolute atomic E-state index is 0.265. The second-order valence-corrected chi connectivity index (χ2v) is 4.86. The topological polar surface area (TPSA) is 33.4 Å². The highest BCUT2D eigenvalue weighted by molar-refractivity contribution is 7.19. The van der Waals surface area contributed by atoms with Crippen molar-refractivity contribution in [3.63, 3.8) is 0 Å². The Kier molecular flexibility index (Phi) is 2.46. The van der Waals surface area contributed by atoms with Crippen LogP contribution in [0.5, 0.6) is 0 Å². The molecule has 0 fully saturated rings. The lowest BCUT2D eigenvalue weighted by Crippen LogP contribution is -1.93. The van der Waals surface area contributed by atoms with E-state index in [4.69, 9.17) is 4.42 Å². The molecule has 17 heavy (non-hydrogen) atoms. The van der Waals surface area contributed by atoms with Crippen LogP contribution in [0.25, 0.3) is 10.1 Å². The monoisotopic (exact) mass is 248 g/mol. The lowest BCUT2D eigenvalue weighted by Gasteiger charge is -2.03. The molecule has 3 rings (SSSR count). The predicted octanol–water partition coefficient (Wildman–Crippen LogP) is 3.72. The average molecular weight is 248 g/mol. The van der Waals surface area contributed by atoms with Crippen LogP contribution in [-0.2, 0) is 0 Å². The van der Waals surface area contributed by atoms with Gasteiger partial charge in [0.2, 0.25) is 0 Å². The minimum atomic E-state index is -0.787. The summed E-state index contributed by atoms with van der Waals surface area (Å²) in [6.07, 6.45) is 0.733. The fourth-order valence-corrected chi connectivity index (χ4v) is 2.83. The molecule has 2 heterocycles. The van der Waals surface area contributed by atoms with Crippen molar-refractivity contribution < 1.29 is 13.9 Å². The molecule has 0 radical (unpaired) electrons. The molecule has 0 amide bonds. The zero-order chi connectivity index (χ0) is 11.8. The second-order valence-electron chi connectivity index (χ2n) is 3.75. The number of hydrogen-bond donors (Lipinski definition) is 1. The standard InChI is InChI=1S/C13H9FO2S/c14-9-4-3-8-6-12(17-11(8)7-9)13(15)10-2-1-5-16-10/h1-7,13,15H. The number of furan rings is 1. The maximum absolute atomic E-state index is 13.0.